The van der Waals surface area contributed by atoms with Crippen molar-refractivity contribution in [1.29, 1.82) is 0 Å². The van der Waals surface area contributed by atoms with Crippen LogP contribution in [0, 0.1) is 5.92 Å². The van der Waals surface area contributed by atoms with Gasteiger partial charge in [0.15, 0.2) is 0 Å². The van der Waals surface area contributed by atoms with Crippen molar-refractivity contribution in [3.63, 3.8) is 0 Å². The second kappa shape index (κ2) is 5.20. The molecule has 2 atom stereocenters. The highest BCUT2D eigenvalue weighted by atomic mass is 35.5. The van der Waals surface area contributed by atoms with Gasteiger partial charge in [0, 0.05) is 5.02 Å². The third kappa shape index (κ3) is 2.26. The van der Waals surface area contributed by atoms with Gasteiger partial charge in [-0.15, -0.1) is 0 Å². The van der Waals surface area contributed by atoms with Crippen molar-refractivity contribution in [2.45, 2.75) is 32.1 Å². The Morgan fingerprint density at radius 3 is 3.00 bits per heavy atom. The smallest absolute Gasteiger partial charge is 0.0440 e. The summed E-state index contributed by atoms with van der Waals surface area (Å²) in [7, 11) is 2.02. The van der Waals surface area contributed by atoms with Crippen LogP contribution in [0.3, 0.4) is 0 Å². The van der Waals surface area contributed by atoms with Gasteiger partial charge in [0.2, 0.25) is 0 Å². The third-order valence-electron chi connectivity index (χ3n) is 3.80. The summed E-state index contributed by atoms with van der Waals surface area (Å²) < 4.78 is 0. The Morgan fingerprint density at radius 2 is 2.25 bits per heavy atom. The molecule has 1 aromatic rings. The zero-order valence-electron chi connectivity index (χ0n) is 10.1. The molecular formula is C14H20ClN. The number of halogens is 1. The Labute approximate surface area is 103 Å². The number of benzene rings is 1. The van der Waals surface area contributed by atoms with E-state index in [0.29, 0.717) is 5.92 Å². The van der Waals surface area contributed by atoms with Crippen LogP contribution in [-0.2, 0) is 6.42 Å². The van der Waals surface area contributed by atoms with E-state index in [4.69, 9.17) is 11.6 Å². The van der Waals surface area contributed by atoms with Gasteiger partial charge >= 0.3 is 0 Å². The van der Waals surface area contributed by atoms with Gasteiger partial charge in [-0.2, -0.15) is 0 Å². The molecule has 1 aromatic carbocycles. The summed E-state index contributed by atoms with van der Waals surface area (Å²) in [5.74, 6) is 1.45. The lowest BCUT2D eigenvalue weighted by atomic mass is 9.74. The van der Waals surface area contributed by atoms with E-state index in [2.05, 4.69) is 24.4 Å². The Morgan fingerprint density at radius 1 is 1.44 bits per heavy atom. The predicted octanol–water partition coefficient (Wildman–Crippen LogP) is 3.62. The predicted molar refractivity (Wildman–Crippen MR) is 70.2 cm³/mol. The molecule has 1 aliphatic carbocycles. The summed E-state index contributed by atoms with van der Waals surface area (Å²) in [6.07, 6.45) is 3.63. The van der Waals surface area contributed by atoms with Crippen molar-refractivity contribution < 1.29 is 0 Å². The number of hydrogen-bond acceptors (Lipinski definition) is 1. The van der Waals surface area contributed by atoms with E-state index in [1.807, 2.05) is 13.1 Å². The maximum atomic E-state index is 6.27. The van der Waals surface area contributed by atoms with Gasteiger partial charge in [0.25, 0.3) is 0 Å². The lowest BCUT2D eigenvalue weighted by molar-refractivity contribution is 0.381. The van der Waals surface area contributed by atoms with Crippen LogP contribution in [0.2, 0.25) is 5.02 Å². The molecule has 0 bridgehead atoms. The van der Waals surface area contributed by atoms with E-state index in [1.165, 1.54) is 24.0 Å². The van der Waals surface area contributed by atoms with Gasteiger partial charge in [-0.3, -0.25) is 0 Å². The average Bonchev–Trinajstić information content (AvgIpc) is 2.28. The molecule has 0 radical (unpaired) electrons. The lowest BCUT2D eigenvalue weighted by Crippen LogP contribution is -2.22. The van der Waals surface area contributed by atoms with Crippen LogP contribution in [0.4, 0.5) is 0 Å². The molecule has 0 aromatic heterocycles. The van der Waals surface area contributed by atoms with Crippen molar-refractivity contribution in [2.24, 2.45) is 5.92 Å². The summed E-state index contributed by atoms with van der Waals surface area (Å²) in [4.78, 5) is 0. The minimum Gasteiger partial charge on any atom is -0.320 e. The van der Waals surface area contributed by atoms with E-state index in [9.17, 15) is 0 Å². The van der Waals surface area contributed by atoms with Gasteiger partial charge < -0.3 is 5.32 Å². The first-order chi connectivity index (χ1) is 7.74. The molecule has 16 heavy (non-hydrogen) atoms. The van der Waals surface area contributed by atoms with Crippen LogP contribution >= 0.6 is 11.6 Å². The molecule has 2 rings (SSSR count). The highest BCUT2D eigenvalue weighted by Gasteiger charge is 2.26. The first-order valence-electron chi connectivity index (χ1n) is 6.16. The number of nitrogens with one attached hydrogen (secondary N) is 1. The Kier molecular flexibility index (Phi) is 3.88. The molecule has 0 heterocycles. The maximum absolute atomic E-state index is 6.27. The van der Waals surface area contributed by atoms with Gasteiger partial charge in [-0.25, -0.2) is 0 Å². The Balaban J connectivity index is 2.29. The molecule has 0 spiro atoms. The topological polar surface area (TPSA) is 12.0 Å². The van der Waals surface area contributed by atoms with Gasteiger partial charge in [-0.1, -0.05) is 30.7 Å². The van der Waals surface area contributed by atoms with E-state index in [-0.39, 0.29) is 0 Å². The molecule has 0 aliphatic heterocycles. The van der Waals surface area contributed by atoms with Crippen LogP contribution in [-0.4, -0.2) is 13.6 Å². The fourth-order valence-electron chi connectivity index (χ4n) is 2.81. The normalized spacial score (nSPS) is 24.2. The lowest BCUT2D eigenvalue weighted by Gasteiger charge is -2.32. The number of fused-ring (bicyclic) bond motifs is 1. The summed E-state index contributed by atoms with van der Waals surface area (Å²) in [5.41, 5.74) is 2.88. The summed E-state index contributed by atoms with van der Waals surface area (Å²) in [6.45, 7) is 3.45. The molecule has 0 saturated heterocycles. The number of hydrogen-bond donors (Lipinski definition) is 1. The summed E-state index contributed by atoms with van der Waals surface area (Å²) in [5, 5.41) is 4.21. The van der Waals surface area contributed by atoms with Gasteiger partial charge in [0.05, 0.1) is 0 Å². The molecule has 2 unspecified atom stereocenters. The SMILES string of the molecule is CNCCC1c2cccc(Cl)c2CCC1C. The largest absolute Gasteiger partial charge is 0.320 e. The molecule has 88 valence electrons. The van der Waals surface area contributed by atoms with Crippen molar-refractivity contribution >= 4 is 11.6 Å². The van der Waals surface area contributed by atoms with Crippen LogP contribution in [0.5, 0.6) is 0 Å². The van der Waals surface area contributed by atoms with Crippen LogP contribution in [0.15, 0.2) is 18.2 Å². The van der Waals surface area contributed by atoms with Crippen molar-refractivity contribution in [3.8, 4) is 0 Å². The molecule has 1 aliphatic rings. The average molecular weight is 238 g/mol. The van der Waals surface area contributed by atoms with E-state index < -0.39 is 0 Å². The molecule has 0 amide bonds. The standard InChI is InChI=1S/C14H20ClN/c1-10-6-7-13-12(4-3-5-14(13)15)11(10)8-9-16-2/h3-5,10-11,16H,6-9H2,1-2H3. The Hall–Kier alpha value is -0.530. The van der Waals surface area contributed by atoms with E-state index in [0.717, 1.165) is 23.9 Å². The molecule has 1 nitrogen and oxygen atoms in total. The molecule has 1 N–H and O–H groups in total. The van der Waals surface area contributed by atoms with Crippen molar-refractivity contribution in [1.82, 2.24) is 5.32 Å². The highest BCUT2D eigenvalue weighted by molar-refractivity contribution is 6.31. The highest BCUT2D eigenvalue weighted by Crippen LogP contribution is 2.40. The first kappa shape index (κ1) is 11.9. The minimum atomic E-state index is 0.676. The third-order valence-corrected chi connectivity index (χ3v) is 4.15. The first-order valence-corrected chi connectivity index (χ1v) is 6.53. The fraction of sp³-hybridized carbons (Fsp3) is 0.571. The quantitative estimate of drug-likeness (QED) is 0.847. The molecule has 0 saturated carbocycles. The van der Waals surface area contributed by atoms with E-state index >= 15 is 0 Å². The summed E-state index contributed by atoms with van der Waals surface area (Å²) >= 11 is 6.27. The second-order valence-corrected chi connectivity index (χ2v) is 5.23. The van der Waals surface area contributed by atoms with Crippen LogP contribution in [0.25, 0.3) is 0 Å². The van der Waals surface area contributed by atoms with Crippen molar-refractivity contribution in [2.75, 3.05) is 13.6 Å². The number of rotatable bonds is 3. The van der Waals surface area contributed by atoms with Crippen molar-refractivity contribution in [3.05, 3.63) is 34.3 Å². The zero-order chi connectivity index (χ0) is 11.5. The molecular weight excluding hydrogens is 218 g/mol. The Bertz CT molecular complexity index is 362. The minimum absolute atomic E-state index is 0.676. The zero-order valence-corrected chi connectivity index (χ0v) is 10.8. The van der Waals surface area contributed by atoms with E-state index in [1.54, 1.807) is 0 Å². The van der Waals surface area contributed by atoms with Crippen LogP contribution in [0.1, 0.15) is 36.8 Å². The monoisotopic (exact) mass is 237 g/mol. The van der Waals surface area contributed by atoms with Gasteiger partial charge in [-0.05, 0) is 61.9 Å². The second-order valence-electron chi connectivity index (χ2n) is 4.82. The molecule has 2 heteroatoms. The van der Waals surface area contributed by atoms with Crippen LogP contribution < -0.4 is 5.32 Å². The fourth-order valence-corrected chi connectivity index (χ4v) is 3.08. The molecule has 0 fully saturated rings. The summed E-state index contributed by atoms with van der Waals surface area (Å²) in [6, 6.07) is 6.37. The van der Waals surface area contributed by atoms with Gasteiger partial charge in [0.1, 0.15) is 0 Å². The maximum Gasteiger partial charge on any atom is 0.0440 e.